The predicted molar refractivity (Wildman–Crippen MR) is 158 cm³/mol. The van der Waals surface area contributed by atoms with Gasteiger partial charge in [0.05, 0.1) is 56.0 Å². The minimum Gasteiger partial charge on any atom is -0.307 e. The number of hydrogen-bond acceptors (Lipinski definition) is 1. The zero-order valence-electron chi connectivity index (χ0n) is 18.4. The van der Waals surface area contributed by atoms with Gasteiger partial charge in [-0.05, 0) is 53.2 Å². The van der Waals surface area contributed by atoms with Crippen LogP contribution in [0, 0.1) is 0 Å². The fourth-order valence-corrected chi connectivity index (χ4v) is 8.00. The normalized spacial score (nSPS) is 12.7. The standard InChI is InChI=1S/C30H16IN3S/c31-34-23-12-6-10-18-19-15-16-35-30(19)33-27-21(13-14-24(34)26(27)25(18)23)29-28(33)20-9-4-5-11-22(20)32(29)17-7-2-1-3-8-17/h1-16H. The molecule has 0 bridgehead atoms. The first-order valence-corrected chi connectivity index (χ1v) is 13.5. The summed E-state index contributed by atoms with van der Waals surface area (Å²) in [5.41, 5.74) is 8.87. The maximum Gasteiger partial charge on any atom is 0.108 e. The molecule has 0 aliphatic rings. The van der Waals surface area contributed by atoms with Crippen LogP contribution in [0.15, 0.2) is 96.4 Å². The van der Waals surface area contributed by atoms with Gasteiger partial charge in [-0.2, -0.15) is 0 Å². The molecule has 0 radical (unpaired) electrons. The Kier molecular flexibility index (Phi) is 3.40. The fourth-order valence-electron chi connectivity index (χ4n) is 6.27. The van der Waals surface area contributed by atoms with Crippen LogP contribution in [0.25, 0.3) is 75.9 Å². The maximum absolute atomic E-state index is 2.56. The molecule has 0 amide bonds. The van der Waals surface area contributed by atoms with E-state index in [2.05, 4.69) is 131 Å². The molecule has 9 aromatic rings. The first kappa shape index (κ1) is 18.7. The van der Waals surface area contributed by atoms with Gasteiger partial charge < -0.3 is 4.57 Å². The Morgan fingerprint density at radius 1 is 0.543 bits per heavy atom. The van der Waals surface area contributed by atoms with E-state index in [1.165, 1.54) is 75.9 Å². The van der Waals surface area contributed by atoms with Gasteiger partial charge in [0, 0.05) is 32.6 Å². The first-order chi connectivity index (χ1) is 17.3. The highest BCUT2D eigenvalue weighted by molar-refractivity contribution is 14.1. The summed E-state index contributed by atoms with van der Waals surface area (Å²) < 4.78 is 7.34. The second kappa shape index (κ2) is 6.36. The molecule has 0 N–H and O–H groups in total. The van der Waals surface area contributed by atoms with Crippen LogP contribution in [0.3, 0.4) is 0 Å². The first-order valence-electron chi connectivity index (χ1n) is 11.7. The zero-order chi connectivity index (χ0) is 22.8. The molecule has 0 saturated carbocycles. The molecule has 5 heteroatoms. The maximum atomic E-state index is 2.56. The molecule has 3 nitrogen and oxygen atoms in total. The SMILES string of the molecule is In1c2cccc3c4ccsc4n4c5c(ccc1c5c32)c1c4c2ccccc2n1-c1ccccc1. The van der Waals surface area contributed by atoms with Crippen LogP contribution in [0.4, 0.5) is 0 Å². The Hall–Kier alpha value is -3.55. The predicted octanol–water partition coefficient (Wildman–Crippen LogP) is 9.15. The van der Waals surface area contributed by atoms with Crippen molar-refractivity contribution in [3.63, 3.8) is 0 Å². The van der Waals surface area contributed by atoms with Crippen molar-refractivity contribution >= 4 is 104 Å². The summed E-state index contributed by atoms with van der Waals surface area (Å²) in [5.74, 6) is 0. The molecule has 0 aliphatic heterocycles. The summed E-state index contributed by atoms with van der Waals surface area (Å²) in [5, 5.41) is 10.2. The Morgan fingerprint density at radius 3 is 2.23 bits per heavy atom. The van der Waals surface area contributed by atoms with Gasteiger partial charge in [0.25, 0.3) is 0 Å². The van der Waals surface area contributed by atoms with Crippen molar-refractivity contribution < 1.29 is 0 Å². The molecular weight excluding hydrogens is 561 g/mol. The van der Waals surface area contributed by atoms with Gasteiger partial charge in [-0.25, -0.2) is 0 Å². The van der Waals surface area contributed by atoms with Crippen LogP contribution >= 0.6 is 34.2 Å². The lowest BCUT2D eigenvalue weighted by Gasteiger charge is -2.07. The third-order valence-corrected chi connectivity index (χ3v) is 9.51. The van der Waals surface area contributed by atoms with Crippen LogP contribution in [0.5, 0.6) is 0 Å². The molecule has 5 aromatic heterocycles. The molecule has 35 heavy (non-hydrogen) atoms. The molecule has 4 aromatic carbocycles. The van der Waals surface area contributed by atoms with E-state index in [9.17, 15) is 0 Å². The second-order valence-electron chi connectivity index (χ2n) is 9.20. The van der Waals surface area contributed by atoms with Crippen molar-refractivity contribution in [2.45, 2.75) is 0 Å². The summed E-state index contributed by atoms with van der Waals surface area (Å²) in [6, 6.07) is 33.3. The number of thiophene rings is 1. The molecule has 0 spiro atoms. The van der Waals surface area contributed by atoms with Crippen molar-refractivity contribution in [3.8, 4) is 5.69 Å². The van der Waals surface area contributed by atoms with Crippen molar-refractivity contribution in [2.75, 3.05) is 0 Å². The number of aromatic nitrogens is 3. The minimum absolute atomic E-state index is 1.19. The minimum atomic E-state index is 1.19. The summed E-state index contributed by atoms with van der Waals surface area (Å²) in [4.78, 5) is 1.30. The lowest BCUT2D eigenvalue weighted by molar-refractivity contribution is 1.19. The summed E-state index contributed by atoms with van der Waals surface area (Å²) in [6.07, 6.45) is 0. The molecule has 0 fully saturated rings. The molecular formula is C30H16IN3S. The van der Waals surface area contributed by atoms with Gasteiger partial charge in [-0.3, -0.25) is 7.18 Å². The summed E-state index contributed by atoms with van der Waals surface area (Å²) in [7, 11) is 0. The van der Waals surface area contributed by atoms with E-state index in [-0.39, 0.29) is 0 Å². The molecule has 5 heterocycles. The lowest BCUT2D eigenvalue weighted by atomic mass is 10.1. The number of halogens is 1. The van der Waals surface area contributed by atoms with Crippen molar-refractivity contribution in [1.82, 2.24) is 11.7 Å². The number of fused-ring (bicyclic) bond motifs is 8. The molecule has 9 rings (SSSR count). The number of hydrogen-bond donors (Lipinski definition) is 0. The monoisotopic (exact) mass is 577 g/mol. The van der Waals surface area contributed by atoms with Gasteiger partial charge in [0.2, 0.25) is 0 Å². The highest BCUT2D eigenvalue weighted by Gasteiger charge is 2.26. The second-order valence-corrected chi connectivity index (χ2v) is 11.1. The Labute approximate surface area is 217 Å². The largest absolute Gasteiger partial charge is 0.307 e. The summed E-state index contributed by atoms with van der Waals surface area (Å²) >= 11 is 4.30. The highest BCUT2D eigenvalue weighted by Crippen LogP contribution is 2.47. The molecule has 0 aliphatic carbocycles. The van der Waals surface area contributed by atoms with Crippen molar-refractivity contribution in [3.05, 3.63) is 96.4 Å². The van der Waals surface area contributed by atoms with Crippen LogP contribution < -0.4 is 0 Å². The van der Waals surface area contributed by atoms with E-state index in [4.69, 9.17) is 0 Å². The number of rotatable bonds is 1. The van der Waals surface area contributed by atoms with Gasteiger partial charge in [0.1, 0.15) is 4.83 Å². The molecule has 164 valence electrons. The third kappa shape index (κ3) is 2.10. The number of nitrogens with zero attached hydrogens (tertiary/aromatic N) is 3. The fraction of sp³-hybridized carbons (Fsp3) is 0. The average molecular weight is 577 g/mol. The van der Waals surface area contributed by atoms with Crippen LogP contribution in [-0.4, -0.2) is 11.7 Å². The topological polar surface area (TPSA) is 14.3 Å². The Balaban J connectivity index is 1.73. The van der Waals surface area contributed by atoms with E-state index in [1.54, 1.807) is 0 Å². The molecule has 0 atom stereocenters. The summed E-state index contributed by atoms with van der Waals surface area (Å²) in [6.45, 7) is 0. The van der Waals surface area contributed by atoms with Gasteiger partial charge in [0.15, 0.2) is 0 Å². The van der Waals surface area contributed by atoms with Gasteiger partial charge in [-0.1, -0.05) is 48.5 Å². The van der Waals surface area contributed by atoms with E-state index >= 15 is 0 Å². The molecule has 0 unspecified atom stereocenters. The lowest BCUT2D eigenvalue weighted by Crippen LogP contribution is -1.92. The van der Waals surface area contributed by atoms with Gasteiger partial charge in [-0.15, -0.1) is 11.3 Å². The van der Waals surface area contributed by atoms with E-state index < -0.39 is 0 Å². The van der Waals surface area contributed by atoms with E-state index in [1.807, 2.05) is 11.3 Å². The average Bonchev–Trinajstić information content (AvgIpc) is 3.63. The Morgan fingerprint density at radius 2 is 1.31 bits per heavy atom. The number of benzene rings is 4. The smallest absolute Gasteiger partial charge is 0.108 e. The van der Waals surface area contributed by atoms with E-state index in [0.717, 1.165) is 0 Å². The van der Waals surface area contributed by atoms with Crippen LogP contribution in [0.2, 0.25) is 0 Å². The van der Waals surface area contributed by atoms with Crippen molar-refractivity contribution in [1.29, 1.82) is 0 Å². The van der Waals surface area contributed by atoms with Crippen LogP contribution in [0.1, 0.15) is 0 Å². The van der Waals surface area contributed by atoms with E-state index in [0.29, 0.717) is 0 Å². The zero-order valence-corrected chi connectivity index (χ0v) is 21.3. The van der Waals surface area contributed by atoms with Gasteiger partial charge >= 0.3 is 0 Å². The third-order valence-electron chi connectivity index (χ3n) is 7.57. The Bertz CT molecular complexity index is 2280. The molecule has 0 saturated heterocycles. The number of para-hydroxylation sites is 2. The highest BCUT2D eigenvalue weighted by atomic mass is 127. The van der Waals surface area contributed by atoms with Crippen molar-refractivity contribution in [2.24, 2.45) is 0 Å². The van der Waals surface area contributed by atoms with Crippen LogP contribution in [-0.2, 0) is 0 Å². The quantitative estimate of drug-likeness (QED) is 0.173.